The lowest BCUT2D eigenvalue weighted by Crippen LogP contribution is -2.54. The molecule has 1 saturated carbocycles. The van der Waals surface area contributed by atoms with Crippen LogP contribution in [0.5, 0.6) is 0 Å². The van der Waals surface area contributed by atoms with Crippen LogP contribution in [0.25, 0.3) is 0 Å². The predicted octanol–water partition coefficient (Wildman–Crippen LogP) is 3.84. The van der Waals surface area contributed by atoms with Crippen molar-refractivity contribution in [3.8, 4) is 0 Å². The van der Waals surface area contributed by atoms with E-state index < -0.39 is 0 Å². The summed E-state index contributed by atoms with van der Waals surface area (Å²) in [7, 11) is 2.21. The first-order valence-corrected chi connectivity index (χ1v) is 7.87. The number of hydrogen-bond acceptors (Lipinski definition) is 2. The molecule has 1 aromatic rings. The molecule has 1 aliphatic rings. The van der Waals surface area contributed by atoms with Crippen LogP contribution >= 0.6 is 0 Å². The second-order valence-corrected chi connectivity index (χ2v) is 7.33. The van der Waals surface area contributed by atoms with Gasteiger partial charge in [0.25, 0.3) is 0 Å². The van der Waals surface area contributed by atoms with Crippen LogP contribution in [0.2, 0.25) is 0 Å². The number of benzene rings is 1. The average Bonchev–Trinajstić information content (AvgIpc) is 2.68. The lowest BCUT2D eigenvalue weighted by Gasteiger charge is -2.44. The number of rotatable bonds is 4. The SMILES string of the molecule is CCc1ccc(N(C)C2(CN)CC(C)(C)CC2C)cc1. The van der Waals surface area contributed by atoms with Gasteiger partial charge in [-0.3, -0.25) is 0 Å². The van der Waals surface area contributed by atoms with Gasteiger partial charge in [-0.2, -0.15) is 0 Å². The Hall–Kier alpha value is -1.02. The molecule has 1 aromatic carbocycles. The molecule has 1 aliphatic carbocycles. The molecule has 0 aliphatic heterocycles. The molecule has 0 amide bonds. The van der Waals surface area contributed by atoms with Crippen molar-refractivity contribution in [1.29, 1.82) is 0 Å². The van der Waals surface area contributed by atoms with Crippen LogP contribution in [-0.2, 0) is 6.42 Å². The monoisotopic (exact) mass is 274 g/mol. The molecule has 0 heterocycles. The summed E-state index contributed by atoms with van der Waals surface area (Å²) in [5.74, 6) is 0.623. The largest absolute Gasteiger partial charge is 0.367 e. The van der Waals surface area contributed by atoms with Gasteiger partial charge in [0, 0.05) is 19.3 Å². The van der Waals surface area contributed by atoms with Crippen molar-refractivity contribution in [3.63, 3.8) is 0 Å². The summed E-state index contributed by atoms with van der Waals surface area (Å²) in [5.41, 5.74) is 9.39. The minimum absolute atomic E-state index is 0.0945. The van der Waals surface area contributed by atoms with Crippen LogP contribution in [0, 0.1) is 11.3 Å². The average molecular weight is 274 g/mol. The Bertz CT molecular complexity index is 449. The zero-order valence-corrected chi connectivity index (χ0v) is 13.7. The van der Waals surface area contributed by atoms with Gasteiger partial charge >= 0.3 is 0 Å². The topological polar surface area (TPSA) is 29.3 Å². The summed E-state index contributed by atoms with van der Waals surface area (Å²) in [4.78, 5) is 2.44. The van der Waals surface area contributed by atoms with E-state index in [-0.39, 0.29) is 5.54 Å². The molecular weight excluding hydrogens is 244 g/mol. The quantitative estimate of drug-likeness (QED) is 0.904. The fourth-order valence-electron chi connectivity index (χ4n) is 4.17. The number of likely N-dealkylation sites (N-methyl/N-ethyl adjacent to an activating group) is 1. The van der Waals surface area contributed by atoms with E-state index in [1.165, 1.54) is 24.1 Å². The van der Waals surface area contributed by atoms with Gasteiger partial charge in [0.15, 0.2) is 0 Å². The van der Waals surface area contributed by atoms with Crippen LogP contribution in [0.3, 0.4) is 0 Å². The summed E-state index contributed by atoms with van der Waals surface area (Å²) in [5, 5.41) is 0. The first-order chi connectivity index (χ1) is 9.34. The van der Waals surface area contributed by atoms with Crippen LogP contribution in [-0.4, -0.2) is 19.1 Å². The highest BCUT2D eigenvalue weighted by atomic mass is 15.2. The van der Waals surface area contributed by atoms with E-state index in [9.17, 15) is 0 Å². The molecule has 0 aromatic heterocycles. The minimum Gasteiger partial charge on any atom is -0.367 e. The highest BCUT2D eigenvalue weighted by Gasteiger charge is 2.50. The van der Waals surface area contributed by atoms with E-state index in [0.717, 1.165) is 13.0 Å². The molecule has 20 heavy (non-hydrogen) atoms. The van der Waals surface area contributed by atoms with Gasteiger partial charge in [-0.1, -0.05) is 39.8 Å². The molecule has 2 heteroatoms. The fourth-order valence-corrected chi connectivity index (χ4v) is 4.17. The second kappa shape index (κ2) is 5.40. The number of nitrogens with two attached hydrogens (primary N) is 1. The minimum atomic E-state index is 0.0945. The van der Waals surface area contributed by atoms with Crippen molar-refractivity contribution < 1.29 is 0 Å². The van der Waals surface area contributed by atoms with Crippen molar-refractivity contribution in [2.24, 2.45) is 17.1 Å². The van der Waals surface area contributed by atoms with Crippen LogP contribution in [0.4, 0.5) is 5.69 Å². The zero-order chi connectivity index (χ0) is 15.0. The molecule has 2 N–H and O–H groups in total. The molecule has 2 atom stereocenters. The number of anilines is 1. The lowest BCUT2D eigenvalue weighted by molar-refractivity contribution is 0.316. The molecule has 0 spiro atoms. The Morgan fingerprint density at radius 1 is 1.25 bits per heavy atom. The Balaban J connectivity index is 2.31. The number of nitrogens with zero attached hydrogens (tertiary/aromatic N) is 1. The van der Waals surface area contributed by atoms with E-state index in [2.05, 4.69) is 63.9 Å². The maximum atomic E-state index is 6.23. The van der Waals surface area contributed by atoms with Gasteiger partial charge in [0.1, 0.15) is 0 Å². The maximum Gasteiger partial charge on any atom is 0.0551 e. The highest BCUT2D eigenvalue weighted by Crippen LogP contribution is 2.50. The van der Waals surface area contributed by atoms with Crippen molar-refractivity contribution in [2.45, 2.75) is 52.5 Å². The summed E-state index contributed by atoms with van der Waals surface area (Å²) < 4.78 is 0. The van der Waals surface area contributed by atoms with E-state index in [1.807, 2.05) is 0 Å². The summed E-state index contributed by atoms with van der Waals surface area (Å²) in [6, 6.07) is 8.96. The third-order valence-corrected chi connectivity index (χ3v) is 5.31. The van der Waals surface area contributed by atoms with Crippen molar-refractivity contribution >= 4 is 5.69 Å². The van der Waals surface area contributed by atoms with E-state index in [4.69, 9.17) is 5.73 Å². The summed E-state index contributed by atoms with van der Waals surface area (Å²) >= 11 is 0. The smallest absolute Gasteiger partial charge is 0.0551 e. The molecule has 2 unspecified atom stereocenters. The van der Waals surface area contributed by atoms with E-state index in [1.54, 1.807) is 0 Å². The molecule has 2 nitrogen and oxygen atoms in total. The lowest BCUT2D eigenvalue weighted by atomic mass is 9.84. The van der Waals surface area contributed by atoms with Gasteiger partial charge < -0.3 is 10.6 Å². The second-order valence-electron chi connectivity index (χ2n) is 7.33. The Morgan fingerprint density at radius 2 is 1.85 bits per heavy atom. The van der Waals surface area contributed by atoms with Crippen molar-refractivity contribution in [2.75, 3.05) is 18.5 Å². The first-order valence-electron chi connectivity index (χ1n) is 7.87. The molecule has 1 fully saturated rings. The van der Waals surface area contributed by atoms with Gasteiger partial charge in [0.2, 0.25) is 0 Å². The van der Waals surface area contributed by atoms with E-state index in [0.29, 0.717) is 11.3 Å². The van der Waals surface area contributed by atoms with Crippen LogP contribution in [0.15, 0.2) is 24.3 Å². The standard InChI is InChI=1S/C18H30N2/c1-6-15-7-9-16(10-8-15)20(5)18(13-19)12-17(3,4)11-14(18)2/h7-10,14H,6,11-13,19H2,1-5H3. The molecular formula is C18H30N2. The third-order valence-electron chi connectivity index (χ3n) is 5.31. The maximum absolute atomic E-state index is 6.23. The molecule has 0 radical (unpaired) electrons. The van der Waals surface area contributed by atoms with Crippen molar-refractivity contribution in [3.05, 3.63) is 29.8 Å². The van der Waals surface area contributed by atoms with Gasteiger partial charge in [0.05, 0.1) is 5.54 Å². The van der Waals surface area contributed by atoms with Gasteiger partial charge in [-0.05, 0) is 48.3 Å². The van der Waals surface area contributed by atoms with Crippen LogP contribution < -0.4 is 10.6 Å². The Kier molecular flexibility index (Phi) is 4.15. The van der Waals surface area contributed by atoms with E-state index >= 15 is 0 Å². The normalized spacial score (nSPS) is 28.6. The number of aryl methyl sites for hydroxylation is 1. The molecule has 112 valence electrons. The van der Waals surface area contributed by atoms with Gasteiger partial charge in [-0.25, -0.2) is 0 Å². The zero-order valence-electron chi connectivity index (χ0n) is 13.7. The fraction of sp³-hybridized carbons (Fsp3) is 0.667. The van der Waals surface area contributed by atoms with Crippen molar-refractivity contribution in [1.82, 2.24) is 0 Å². The first kappa shape index (κ1) is 15.4. The summed E-state index contributed by atoms with van der Waals surface area (Å²) in [6.45, 7) is 10.0. The molecule has 2 rings (SSSR count). The van der Waals surface area contributed by atoms with Gasteiger partial charge in [-0.15, -0.1) is 0 Å². The Morgan fingerprint density at radius 3 is 2.25 bits per heavy atom. The third kappa shape index (κ3) is 2.58. The predicted molar refractivity (Wildman–Crippen MR) is 88.2 cm³/mol. The Labute approximate surface area is 124 Å². The molecule has 0 saturated heterocycles. The molecule has 0 bridgehead atoms. The summed E-state index contributed by atoms with van der Waals surface area (Å²) in [6.07, 6.45) is 3.51. The highest BCUT2D eigenvalue weighted by molar-refractivity contribution is 5.50. The van der Waals surface area contributed by atoms with Crippen LogP contribution in [0.1, 0.15) is 46.1 Å². The number of hydrogen-bond donors (Lipinski definition) is 1.